The zero-order valence-electron chi connectivity index (χ0n) is 15.9. The highest BCUT2D eigenvalue weighted by atomic mass is 32.1. The molecule has 2 N–H and O–H groups in total. The molecule has 1 aromatic heterocycles. The number of nitrogens with one attached hydrogen (secondary N) is 1. The monoisotopic (exact) mass is 415 g/mol. The highest BCUT2D eigenvalue weighted by Gasteiger charge is 2.24. The number of hydrogen-bond donors (Lipinski definition) is 2. The number of non-ortho nitro benzene ring substituents is 1. The number of nitro groups is 1. The van der Waals surface area contributed by atoms with Crippen LogP contribution in [0.4, 0.5) is 5.69 Å². The van der Waals surface area contributed by atoms with Gasteiger partial charge in [-0.3, -0.25) is 15.0 Å². The van der Waals surface area contributed by atoms with Crippen molar-refractivity contribution in [2.75, 3.05) is 39.4 Å². The summed E-state index contributed by atoms with van der Waals surface area (Å²) < 4.78 is 7.04. The molecule has 0 saturated carbocycles. The Morgan fingerprint density at radius 3 is 2.66 bits per heavy atom. The van der Waals surface area contributed by atoms with E-state index in [2.05, 4.69) is 10.2 Å². The molecule has 0 amide bonds. The van der Waals surface area contributed by atoms with E-state index < -0.39 is 4.92 Å². The molecule has 1 aliphatic rings. The second-order valence-corrected chi connectivity index (χ2v) is 6.91. The number of aromatic nitrogens is 1. The maximum absolute atomic E-state index is 11.1. The molecule has 152 valence electrons. The summed E-state index contributed by atoms with van der Waals surface area (Å²) in [6, 6.07) is 11.3. The van der Waals surface area contributed by atoms with E-state index >= 15 is 0 Å². The van der Waals surface area contributed by atoms with Gasteiger partial charge in [-0.15, -0.1) is 0 Å². The predicted octanol–water partition coefficient (Wildman–Crippen LogP) is 2.02. The average Bonchev–Trinajstić information content (AvgIpc) is 2.75. The Bertz CT molecular complexity index is 898. The molecule has 29 heavy (non-hydrogen) atoms. The Morgan fingerprint density at radius 1 is 1.24 bits per heavy atom. The average molecular weight is 415 g/mol. The molecule has 1 fully saturated rings. The highest BCUT2D eigenvalue weighted by molar-refractivity contribution is 7.81. The van der Waals surface area contributed by atoms with E-state index in [0.717, 1.165) is 32.8 Å². The molecular weight excluding hydrogens is 392 g/mol. The van der Waals surface area contributed by atoms with Gasteiger partial charge in [0, 0.05) is 56.0 Å². The van der Waals surface area contributed by atoms with Gasteiger partial charge in [-0.1, -0.05) is 30.4 Å². The summed E-state index contributed by atoms with van der Waals surface area (Å²) in [5, 5.41) is 25.2. The number of nitro benzene ring substituents is 1. The van der Waals surface area contributed by atoms with E-state index in [4.69, 9.17) is 17.0 Å². The van der Waals surface area contributed by atoms with Gasteiger partial charge < -0.3 is 15.2 Å². The standard InChI is InChI=1S/C20H22N4O4S/c25-19(16-5-4-6-17(15-16)24(26)27)18(23-8-2-1-3-9-23)20(29)21-7-10-22-11-13-28-14-12-22/h1-6,8-9,15H,7,10-14H2,(H-,21,25,29)/p+1. The molecule has 0 atom stereocenters. The van der Waals surface area contributed by atoms with E-state index in [1.165, 1.54) is 18.2 Å². The summed E-state index contributed by atoms with van der Waals surface area (Å²) in [4.78, 5) is 13.2. The summed E-state index contributed by atoms with van der Waals surface area (Å²) >= 11 is 5.56. The zero-order valence-corrected chi connectivity index (χ0v) is 16.7. The fourth-order valence-electron chi connectivity index (χ4n) is 3.03. The smallest absolute Gasteiger partial charge is 0.287 e. The SMILES string of the molecule is O=[N+]([O-])c1cccc(/C(O)=C(\C(=S)NCCN2CCOCC2)[n+]2ccccc2)c1. The number of thiocarbonyl (C=S) groups is 1. The van der Waals surface area contributed by atoms with Crippen LogP contribution in [0.3, 0.4) is 0 Å². The molecule has 1 saturated heterocycles. The van der Waals surface area contributed by atoms with Crippen LogP contribution < -0.4 is 9.88 Å². The topological polar surface area (TPSA) is 91.8 Å². The van der Waals surface area contributed by atoms with Crippen molar-refractivity contribution in [3.05, 3.63) is 70.5 Å². The molecule has 9 heteroatoms. The minimum atomic E-state index is -0.495. The first kappa shape index (κ1) is 20.8. The van der Waals surface area contributed by atoms with E-state index in [0.29, 0.717) is 22.8 Å². The number of benzene rings is 1. The van der Waals surface area contributed by atoms with Gasteiger partial charge in [-0.25, -0.2) is 0 Å². The molecule has 0 unspecified atom stereocenters. The summed E-state index contributed by atoms with van der Waals surface area (Å²) in [5.41, 5.74) is 0.587. The van der Waals surface area contributed by atoms with Crippen molar-refractivity contribution in [2.45, 2.75) is 0 Å². The van der Waals surface area contributed by atoms with Crippen LogP contribution >= 0.6 is 12.2 Å². The molecule has 3 rings (SSSR count). The lowest BCUT2D eigenvalue weighted by Crippen LogP contribution is -2.44. The van der Waals surface area contributed by atoms with Crippen molar-refractivity contribution in [1.29, 1.82) is 0 Å². The minimum absolute atomic E-state index is 0.0994. The number of hydrogen-bond acceptors (Lipinski definition) is 6. The first-order valence-electron chi connectivity index (χ1n) is 9.29. The molecule has 2 aromatic rings. The predicted molar refractivity (Wildman–Crippen MR) is 113 cm³/mol. The molecule has 1 aromatic carbocycles. The third-order valence-electron chi connectivity index (χ3n) is 4.56. The number of ether oxygens (including phenoxy) is 1. The normalized spacial score (nSPS) is 15.4. The lowest BCUT2D eigenvalue weighted by atomic mass is 10.1. The first-order valence-corrected chi connectivity index (χ1v) is 9.70. The van der Waals surface area contributed by atoms with Crippen molar-refractivity contribution in [2.24, 2.45) is 0 Å². The van der Waals surface area contributed by atoms with Gasteiger partial charge in [0.1, 0.15) is 0 Å². The molecule has 1 aliphatic heterocycles. The third-order valence-corrected chi connectivity index (χ3v) is 4.90. The molecular formula is C20H23N4O4S+. The Hall–Kier alpha value is -2.88. The van der Waals surface area contributed by atoms with Crippen molar-refractivity contribution in [3.63, 3.8) is 0 Å². The zero-order chi connectivity index (χ0) is 20.6. The van der Waals surface area contributed by atoms with Gasteiger partial charge in [-0.05, 0) is 0 Å². The van der Waals surface area contributed by atoms with Crippen molar-refractivity contribution in [1.82, 2.24) is 10.2 Å². The molecule has 0 aliphatic carbocycles. The van der Waals surface area contributed by atoms with Crippen LogP contribution in [0.15, 0.2) is 54.9 Å². The molecule has 0 radical (unpaired) electrons. The van der Waals surface area contributed by atoms with Crippen LogP contribution in [-0.4, -0.2) is 59.3 Å². The lowest BCUT2D eigenvalue weighted by molar-refractivity contribution is -0.576. The maximum Gasteiger partial charge on any atom is 0.287 e. The Balaban J connectivity index is 1.84. The minimum Gasteiger partial charge on any atom is -0.502 e. The van der Waals surface area contributed by atoms with Gasteiger partial charge >= 0.3 is 0 Å². The Labute approximate surface area is 174 Å². The van der Waals surface area contributed by atoms with Gasteiger partial charge in [0.25, 0.3) is 11.4 Å². The van der Waals surface area contributed by atoms with Crippen molar-refractivity contribution < 1.29 is 19.3 Å². The molecule has 2 heterocycles. The fraction of sp³-hybridized carbons (Fsp3) is 0.300. The fourth-order valence-corrected chi connectivity index (χ4v) is 3.34. The van der Waals surface area contributed by atoms with Gasteiger partial charge in [-0.2, -0.15) is 4.57 Å². The molecule has 0 spiro atoms. The van der Waals surface area contributed by atoms with Gasteiger partial charge in [0.2, 0.25) is 0 Å². The summed E-state index contributed by atoms with van der Waals surface area (Å²) in [5.74, 6) is -0.131. The Morgan fingerprint density at radius 2 is 1.97 bits per heavy atom. The number of aliphatic hydroxyl groups is 1. The van der Waals surface area contributed by atoms with Crippen LogP contribution in [-0.2, 0) is 4.74 Å². The maximum atomic E-state index is 11.1. The van der Waals surface area contributed by atoms with Gasteiger partial charge in [0.15, 0.2) is 23.1 Å². The van der Waals surface area contributed by atoms with E-state index in [9.17, 15) is 15.2 Å². The summed E-state index contributed by atoms with van der Waals surface area (Å²) in [6.07, 6.45) is 3.53. The van der Waals surface area contributed by atoms with Crippen LogP contribution in [0.5, 0.6) is 0 Å². The molecule has 8 nitrogen and oxygen atoms in total. The van der Waals surface area contributed by atoms with E-state index in [1.54, 1.807) is 23.0 Å². The van der Waals surface area contributed by atoms with Crippen LogP contribution in [0, 0.1) is 10.1 Å². The summed E-state index contributed by atoms with van der Waals surface area (Å²) in [6.45, 7) is 4.62. The van der Waals surface area contributed by atoms with Crippen LogP contribution in [0.2, 0.25) is 0 Å². The highest BCUT2D eigenvalue weighted by Crippen LogP contribution is 2.21. The van der Waals surface area contributed by atoms with E-state index in [-0.39, 0.29) is 11.4 Å². The number of pyridine rings is 1. The largest absolute Gasteiger partial charge is 0.502 e. The van der Waals surface area contributed by atoms with Gasteiger partial charge in [0.05, 0.1) is 18.1 Å². The Kier molecular flexibility index (Phi) is 7.23. The lowest BCUT2D eigenvalue weighted by Gasteiger charge is -2.26. The first-order chi connectivity index (χ1) is 14.1. The van der Waals surface area contributed by atoms with Crippen molar-refractivity contribution in [3.8, 4) is 0 Å². The second kappa shape index (κ2) is 10.1. The molecule has 0 bridgehead atoms. The second-order valence-electron chi connectivity index (χ2n) is 6.50. The number of morpholine rings is 1. The van der Waals surface area contributed by atoms with E-state index in [1.807, 2.05) is 18.2 Å². The number of rotatable bonds is 7. The number of nitrogens with zero attached hydrogens (tertiary/aromatic N) is 3. The van der Waals surface area contributed by atoms with Crippen LogP contribution in [0.1, 0.15) is 5.56 Å². The van der Waals surface area contributed by atoms with Crippen LogP contribution in [0.25, 0.3) is 11.5 Å². The van der Waals surface area contributed by atoms with Crippen molar-refractivity contribution >= 4 is 34.3 Å². The summed E-state index contributed by atoms with van der Waals surface area (Å²) in [7, 11) is 0. The quantitative estimate of drug-likeness (QED) is 0.178. The third kappa shape index (κ3) is 5.57. The number of aliphatic hydroxyl groups excluding tert-OH is 1.